The molecule has 0 bridgehead atoms. The number of rotatable bonds is 8. The summed E-state index contributed by atoms with van der Waals surface area (Å²) >= 11 is 1.56. The fourth-order valence-corrected chi connectivity index (χ4v) is 4.45. The van der Waals surface area contributed by atoms with Gasteiger partial charge in [-0.05, 0) is 48.2 Å². The molecule has 3 aromatic rings. The van der Waals surface area contributed by atoms with Gasteiger partial charge in [0.2, 0.25) is 10.0 Å². The molecule has 0 aliphatic rings. The zero-order valence-electron chi connectivity index (χ0n) is 16.6. The number of methoxy groups -OCH3 is 1. The van der Waals surface area contributed by atoms with E-state index in [-0.39, 0.29) is 22.8 Å². The standard InChI is InChI=1S/C22H22N2O4S2/c1-28-20-12-11-17(22(25)24-18-9-6-10-19(14-18)29-2)13-21(20)30(26,27)23-15-16-7-4-3-5-8-16/h3-14,23H,15H2,1-2H3,(H,24,25). The first-order valence-electron chi connectivity index (χ1n) is 9.10. The molecule has 0 unspecified atom stereocenters. The molecule has 2 N–H and O–H groups in total. The van der Waals surface area contributed by atoms with Crippen LogP contribution in [-0.4, -0.2) is 27.7 Å². The Morgan fingerprint density at radius 2 is 1.77 bits per heavy atom. The van der Waals surface area contributed by atoms with E-state index < -0.39 is 15.9 Å². The number of anilines is 1. The smallest absolute Gasteiger partial charge is 0.255 e. The zero-order valence-corrected chi connectivity index (χ0v) is 18.2. The summed E-state index contributed by atoms with van der Waals surface area (Å²) in [5.41, 5.74) is 1.67. The number of thioether (sulfide) groups is 1. The molecule has 0 aromatic heterocycles. The highest BCUT2D eigenvalue weighted by molar-refractivity contribution is 7.98. The molecule has 0 heterocycles. The molecule has 0 saturated heterocycles. The third-order valence-electron chi connectivity index (χ3n) is 4.35. The van der Waals surface area contributed by atoms with Gasteiger partial charge in [-0.25, -0.2) is 13.1 Å². The predicted molar refractivity (Wildman–Crippen MR) is 120 cm³/mol. The van der Waals surface area contributed by atoms with E-state index in [9.17, 15) is 13.2 Å². The van der Waals surface area contributed by atoms with Crippen molar-refractivity contribution in [2.75, 3.05) is 18.7 Å². The highest BCUT2D eigenvalue weighted by atomic mass is 32.2. The van der Waals surface area contributed by atoms with E-state index in [0.29, 0.717) is 5.69 Å². The maximum absolute atomic E-state index is 12.9. The monoisotopic (exact) mass is 442 g/mol. The third kappa shape index (κ3) is 5.41. The first kappa shape index (κ1) is 21.9. The van der Waals surface area contributed by atoms with Crippen molar-refractivity contribution in [3.8, 4) is 5.75 Å². The Bertz CT molecular complexity index is 1130. The van der Waals surface area contributed by atoms with Crippen molar-refractivity contribution in [3.05, 3.63) is 83.9 Å². The summed E-state index contributed by atoms with van der Waals surface area (Å²) in [7, 11) is -2.51. The molecule has 6 nitrogen and oxygen atoms in total. The van der Waals surface area contributed by atoms with Gasteiger partial charge in [-0.2, -0.15) is 0 Å². The van der Waals surface area contributed by atoms with Crippen LogP contribution in [0.2, 0.25) is 0 Å². The Morgan fingerprint density at radius 3 is 2.47 bits per heavy atom. The summed E-state index contributed by atoms with van der Waals surface area (Å²) < 4.78 is 33.5. The molecule has 0 saturated carbocycles. The molecule has 0 spiro atoms. The summed E-state index contributed by atoms with van der Waals surface area (Å²) in [5.74, 6) is -0.244. The lowest BCUT2D eigenvalue weighted by atomic mass is 10.2. The summed E-state index contributed by atoms with van der Waals surface area (Å²) in [6.45, 7) is 0.129. The minimum atomic E-state index is -3.90. The largest absolute Gasteiger partial charge is 0.495 e. The van der Waals surface area contributed by atoms with Crippen LogP contribution >= 0.6 is 11.8 Å². The van der Waals surface area contributed by atoms with Gasteiger partial charge in [0.05, 0.1) is 7.11 Å². The van der Waals surface area contributed by atoms with E-state index in [1.54, 1.807) is 17.8 Å². The number of carbonyl (C=O) groups excluding carboxylic acids is 1. The SMILES string of the molecule is COc1ccc(C(=O)Nc2cccc(SC)c2)cc1S(=O)(=O)NCc1ccccc1. The molecule has 0 aliphatic heterocycles. The van der Waals surface area contributed by atoms with E-state index in [4.69, 9.17) is 4.74 Å². The number of benzene rings is 3. The summed E-state index contributed by atoms with van der Waals surface area (Å²) in [6.07, 6.45) is 1.95. The van der Waals surface area contributed by atoms with Crippen LogP contribution in [0.25, 0.3) is 0 Å². The number of hydrogen-bond acceptors (Lipinski definition) is 5. The second kappa shape index (κ2) is 9.80. The minimum absolute atomic E-state index is 0.0913. The fraction of sp³-hybridized carbons (Fsp3) is 0.136. The molecule has 0 fully saturated rings. The predicted octanol–water partition coefficient (Wildman–Crippen LogP) is 4.15. The van der Waals surface area contributed by atoms with Crippen LogP contribution in [0.15, 0.2) is 82.6 Å². The Morgan fingerprint density at radius 1 is 1.00 bits per heavy atom. The quantitative estimate of drug-likeness (QED) is 0.512. The van der Waals surface area contributed by atoms with Gasteiger partial charge >= 0.3 is 0 Å². The number of sulfonamides is 1. The molecule has 30 heavy (non-hydrogen) atoms. The summed E-state index contributed by atoms with van der Waals surface area (Å²) in [4.78, 5) is 13.6. The van der Waals surface area contributed by atoms with Gasteiger partial charge in [-0.15, -0.1) is 11.8 Å². The molecule has 3 rings (SSSR count). The molecule has 156 valence electrons. The first-order chi connectivity index (χ1) is 14.4. The number of nitrogens with one attached hydrogen (secondary N) is 2. The molecule has 1 amide bonds. The molecule has 3 aromatic carbocycles. The highest BCUT2D eigenvalue weighted by Crippen LogP contribution is 2.26. The molecular formula is C22H22N2O4S2. The topological polar surface area (TPSA) is 84.5 Å². The molecule has 0 radical (unpaired) electrons. The molecule has 8 heteroatoms. The average Bonchev–Trinajstić information content (AvgIpc) is 2.78. The molecular weight excluding hydrogens is 420 g/mol. The maximum atomic E-state index is 12.9. The van der Waals surface area contributed by atoms with Crippen molar-refractivity contribution in [2.45, 2.75) is 16.3 Å². The Hall–Kier alpha value is -2.81. The number of carbonyl (C=O) groups is 1. The Labute approximate surface area is 180 Å². The fourth-order valence-electron chi connectivity index (χ4n) is 2.78. The zero-order chi connectivity index (χ0) is 21.6. The minimum Gasteiger partial charge on any atom is -0.495 e. The van der Waals surface area contributed by atoms with Crippen LogP contribution in [0.4, 0.5) is 5.69 Å². The van der Waals surface area contributed by atoms with E-state index in [1.165, 1.54) is 25.3 Å². The lowest BCUT2D eigenvalue weighted by molar-refractivity contribution is 0.102. The first-order valence-corrected chi connectivity index (χ1v) is 11.8. The highest BCUT2D eigenvalue weighted by Gasteiger charge is 2.21. The molecule has 0 atom stereocenters. The van der Waals surface area contributed by atoms with E-state index in [0.717, 1.165) is 10.5 Å². The van der Waals surface area contributed by atoms with Gasteiger partial charge in [-0.3, -0.25) is 4.79 Å². The van der Waals surface area contributed by atoms with Crippen molar-refractivity contribution < 1.29 is 17.9 Å². The number of hydrogen-bond donors (Lipinski definition) is 2. The van der Waals surface area contributed by atoms with Gasteiger partial charge < -0.3 is 10.1 Å². The van der Waals surface area contributed by atoms with Crippen molar-refractivity contribution >= 4 is 33.4 Å². The van der Waals surface area contributed by atoms with Crippen molar-refractivity contribution in [3.63, 3.8) is 0 Å². The second-order valence-electron chi connectivity index (χ2n) is 6.36. The van der Waals surface area contributed by atoms with Crippen molar-refractivity contribution in [1.29, 1.82) is 0 Å². The van der Waals surface area contributed by atoms with Crippen LogP contribution in [0, 0.1) is 0 Å². The van der Waals surface area contributed by atoms with Gasteiger partial charge in [0.25, 0.3) is 5.91 Å². The Balaban J connectivity index is 1.84. The van der Waals surface area contributed by atoms with Crippen molar-refractivity contribution in [1.82, 2.24) is 4.72 Å². The van der Waals surface area contributed by atoms with E-state index >= 15 is 0 Å². The van der Waals surface area contributed by atoms with Gasteiger partial charge in [0.15, 0.2) is 0 Å². The normalized spacial score (nSPS) is 11.1. The van der Waals surface area contributed by atoms with Gasteiger partial charge in [0, 0.05) is 22.7 Å². The van der Waals surface area contributed by atoms with Crippen molar-refractivity contribution in [2.24, 2.45) is 0 Å². The maximum Gasteiger partial charge on any atom is 0.255 e. The summed E-state index contributed by atoms with van der Waals surface area (Å²) in [5, 5.41) is 2.80. The summed E-state index contributed by atoms with van der Waals surface area (Å²) in [6, 6.07) is 20.9. The van der Waals surface area contributed by atoms with Crippen LogP contribution in [-0.2, 0) is 16.6 Å². The molecule has 0 aliphatic carbocycles. The van der Waals surface area contributed by atoms with Crippen LogP contribution < -0.4 is 14.8 Å². The number of amides is 1. The van der Waals surface area contributed by atoms with Crippen LogP contribution in [0.1, 0.15) is 15.9 Å². The second-order valence-corrected chi connectivity index (χ2v) is 8.98. The van der Waals surface area contributed by atoms with Gasteiger partial charge in [0.1, 0.15) is 10.6 Å². The Kier molecular flexibility index (Phi) is 7.15. The van der Waals surface area contributed by atoms with Gasteiger partial charge in [-0.1, -0.05) is 36.4 Å². The third-order valence-corrected chi connectivity index (χ3v) is 6.50. The van der Waals surface area contributed by atoms with E-state index in [2.05, 4.69) is 10.0 Å². The average molecular weight is 443 g/mol. The van der Waals surface area contributed by atoms with Crippen LogP contribution in [0.3, 0.4) is 0 Å². The number of ether oxygens (including phenoxy) is 1. The van der Waals surface area contributed by atoms with Crippen LogP contribution in [0.5, 0.6) is 5.75 Å². The lowest BCUT2D eigenvalue weighted by Gasteiger charge is -2.13. The lowest BCUT2D eigenvalue weighted by Crippen LogP contribution is -2.24. The van der Waals surface area contributed by atoms with E-state index in [1.807, 2.05) is 54.8 Å².